The van der Waals surface area contributed by atoms with Gasteiger partial charge in [-0.15, -0.1) is 0 Å². The molecular weight excluding hydrogens is 717 g/mol. The number of carbonyl (C=O) groups excluding carboxylic acids is 3. The summed E-state index contributed by atoms with van der Waals surface area (Å²) in [4.78, 5) is 58.6. The Hall–Kier alpha value is -6.70. The lowest BCUT2D eigenvalue weighted by atomic mass is 9.92. The number of rotatable bonds is 10. The first-order valence-electron chi connectivity index (χ1n) is 17.3. The van der Waals surface area contributed by atoms with Crippen LogP contribution < -0.4 is 25.6 Å². The maximum absolute atomic E-state index is 13.3. The number of aryl methyl sites for hydroxylation is 1. The number of pyridine rings is 1. The summed E-state index contributed by atoms with van der Waals surface area (Å²) in [5.41, 5.74) is 0.221. The molecule has 6 rings (SSSR count). The summed E-state index contributed by atoms with van der Waals surface area (Å²) in [6, 6.07) is 15.8. The summed E-state index contributed by atoms with van der Waals surface area (Å²) < 4.78 is 45.6. The summed E-state index contributed by atoms with van der Waals surface area (Å²) in [6.07, 6.45) is -0.758. The van der Waals surface area contributed by atoms with Gasteiger partial charge in [-0.05, 0) is 73.4 Å². The van der Waals surface area contributed by atoms with Gasteiger partial charge < -0.3 is 35.5 Å². The number of nitriles is 1. The zero-order valence-corrected chi connectivity index (χ0v) is 30.1. The number of likely N-dealkylation sites (tertiary alicyclic amines) is 1. The molecule has 4 amide bonds. The Labute approximate surface area is 313 Å². The zero-order chi connectivity index (χ0) is 39.3. The van der Waals surface area contributed by atoms with Gasteiger partial charge in [0.2, 0.25) is 5.91 Å². The van der Waals surface area contributed by atoms with Crippen LogP contribution in [0.15, 0.2) is 73.1 Å². The Balaban J connectivity index is 1.06. The number of nitrogens with one attached hydrogen (secondary N) is 4. The molecule has 2 unspecified atom stereocenters. The Kier molecular flexibility index (Phi) is 11.2. The Morgan fingerprint density at radius 1 is 1.04 bits per heavy atom. The van der Waals surface area contributed by atoms with E-state index in [1.165, 1.54) is 31.3 Å². The summed E-state index contributed by atoms with van der Waals surface area (Å²) in [5, 5.41) is 17.6. The van der Waals surface area contributed by atoms with Crippen molar-refractivity contribution in [1.82, 2.24) is 30.2 Å². The molecule has 0 saturated carbocycles. The monoisotopic (exact) mass is 754 g/mol. The van der Waals surface area contributed by atoms with Crippen molar-refractivity contribution >= 4 is 46.1 Å². The average Bonchev–Trinajstić information content (AvgIpc) is 3.64. The highest BCUT2D eigenvalue weighted by Crippen LogP contribution is 2.34. The van der Waals surface area contributed by atoms with E-state index in [0.29, 0.717) is 47.6 Å². The van der Waals surface area contributed by atoms with Crippen molar-refractivity contribution in [3.05, 3.63) is 95.7 Å². The zero-order valence-electron chi connectivity index (χ0n) is 30.1. The van der Waals surface area contributed by atoms with Crippen molar-refractivity contribution in [1.29, 1.82) is 5.26 Å². The highest BCUT2D eigenvalue weighted by molar-refractivity contribution is 6.00. The van der Waals surface area contributed by atoms with Gasteiger partial charge in [-0.1, -0.05) is 13.0 Å². The first kappa shape index (κ1) is 38.0. The first-order valence-corrected chi connectivity index (χ1v) is 17.3. The lowest BCUT2D eigenvalue weighted by Crippen LogP contribution is -2.52. The van der Waals surface area contributed by atoms with Crippen molar-refractivity contribution < 1.29 is 32.3 Å². The number of hydrogen-bond donors (Lipinski definition) is 4. The molecule has 2 aromatic carbocycles. The molecule has 4 heterocycles. The van der Waals surface area contributed by atoms with Gasteiger partial charge in [0.25, 0.3) is 5.91 Å². The molecule has 2 atom stereocenters. The van der Waals surface area contributed by atoms with Gasteiger partial charge in [0, 0.05) is 50.0 Å². The highest BCUT2D eigenvalue weighted by atomic mass is 19.4. The molecule has 1 fully saturated rings. The average molecular weight is 755 g/mol. The van der Waals surface area contributed by atoms with Gasteiger partial charge in [0.1, 0.15) is 35.1 Å². The summed E-state index contributed by atoms with van der Waals surface area (Å²) in [6.45, 7) is 4.50. The van der Waals surface area contributed by atoms with Gasteiger partial charge in [-0.25, -0.2) is 14.8 Å². The molecule has 4 N–H and O–H groups in total. The minimum Gasteiger partial charge on any atom is -0.457 e. The van der Waals surface area contributed by atoms with Crippen LogP contribution in [0.3, 0.4) is 0 Å². The van der Waals surface area contributed by atoms with E-state index in [1.54, 1.807) is 41.4 Å². The number of halogens is 3. The first-order chi connectivity index (χ1) is 26.3. The van der Waals surface area contributed by atoms with Crippen molar-refractivity contribution in [2.24, 2.45) is 5.92 Å². The van der Waals surface area contributed by atoms with E-state index in [1.807, 2.05) is 24.1 Å². The summed E-state index contributed by atoms with van der Waals surface area (Å²) in [5.74, 6) is 1.24. The lowest BCUT2D eigenvalue weighted by Gasteiger charge is -2.42. The van der Waals surface area contributed by atoms with Crippen LogP contribution in [0, 0.1) is 24.2 Å². The van der Waals surface area contributed by atoms with Gasteiger partial charge >= 0.3 is 12.2 Å². The van der Waals surface area contributed by atoms with E-state index in [2.05, 4.69) is 37.8 Å². The van der Waals surface area contributed by atoms with E-state index in [9.17, 15) is 27.6 Å². The Morgan fingerprint density at radius 3 is 2.53 bits per heavy atom. The van der Waals surface area contributed by atoms with Crippen molar-refractivity contribution in [2.45, 2.75) is 45.5 Å². The normalized spacial score (nSPS) is 15.5. The molecule has 1 saturated heterocycles. The predicted octanol–water partition coefficient (Wildman–Crippen LogP) is 6.63. The van der Waals surface area contributed by atoms with Gasteiger partial charge in [0.05, 0.1) is 29.6 Å². The highest BCUT2D eigenvalue weighted by Gasteiger charge is 2.34. The van der Waals surface area contributed by atoms with Crippen LogP contribution >= 0.6 is 0 Å². The molecule has 0 bridgehead atoms. The number of carbonyl (C=O) groups is 3. The number of hydrogen-bond acceptors (Lipinski definition) is 9. The summed E-state index contributed by atoms with van der Waals surface area (Å²) >= 11 is 0. The second-order valence-corrected chi connectivity index (χ2v) is 13.1. The SMILES string of the molecule is Cc1ccc(NC(=O)Nc2ccc(Oc3ccnc(C(=O)NCc4nc(N(C)C5CN(C(=O)CC#N)CCC5C)c5cc[nH]c5n4)c3)cc2)cc1C(F)(F)F. The number of aromatic amines is 1. The van der Waals surface area contributed by atoms with Gasteiger partial charge in [-0.3, -0.25) is 14.6 Å². The molecule has 14 nitrogen and oxygen atoms in total. The fourth-order valence-corrected chi connectivity index (χ4v) is 6.32. The quantitative estimate of drug-likeness (QED) is 0.122. The van der Waals surface area contributed by atoms with E-state index in [-0.39, 0.29) is 47.8 Å². The number of nitrogens with zero attached hydrogens (tertiary/aromatic N) is 6. The second kappa shape index (κ2) is 16.1. The van der Waals surface area contributed by atoms with E-state index in [0.717, 1.165) is 17.9 Å². The molecule has 55 heavy (non-hydrogen) atoms. The minimum absolute atomic E-state index is 0.00970. The number of H-pyrrole nitrogens is 1. The molecule has 17 heteroatoms. The van der Waals surface area contributed by atoms with Crippen LogP contribution in [-0.2, 0) is 17.5 Å². The minimum atomic E-state index is -4.55. The Morgan fingerprint density at radius 2 is 1.78 bits per heavy atom. The molecule has 5 aromatic rings. The third-order valence-electron chi connectivity index (χ3n) is 9.29. The molecule has 0 aliphatic carbocycles. The fourth-order valence-electron chi connectivity index (χ4n) is 6.32. The van der Waals surface area contributed by atoms with Gasteiger partial charge in [0.15, 0.2) is 5.82 Å². The largest absolute Gasteiger partial charge is 0.457 e. The van der Waals surface area contributed by atoms with Crippen LogP contribution in [0.5, 0.6) is 11.5 Å². The van der Waals surface area contributed by atoms with Crippen molar-refractivity contribution in [3.63, 3.8) is 0 Å². The molecule has 1 aliphatic rings. The van der Waals surface area contributed by atoms with Crippen LogP contribution in [0.25, 0.3) is 11.0 Å². The number of likely N-dealkylation sites (N-methyl/N-ethyl adjacent to an activating group) is 1. The molecule has 1 aliphatic heterocycles. The topological polar surface area (TPSA) is 181 Å². The third-order valence-corrected chi connectivity index (χ3v) is 9.29. The van der Waals surface area contributed by atoms with Gasteiger partial charge in [-0.2, -0.15) is 18.4 Å². The number of fused-ring (bicyclic) bond motifs is 1. The van der Waals surface area contributed by atoms with Crippen LogP contribution in [0.2, 0.25) is 0 Å². The number of alkyl halides is 3. The third kappa shape index (κ3) is 9.10. The molecule has 284 valence electrons. The van der Waals surface area contributed by atoms with Crippen molar-refractivity contribution in [3.8, 4) is 17.6 Å². The number of ether oxygens (including phenoxy) is 1. The molecular formula is C38H37F3N10O4. The van der Waals surface area contributed by atoms with E-state index < -0.39 is 23.7 Å². The molecule has 0 spiro atoms. The van der Waals surface area contributed by atoms with Crippen molar-refractivity contribution in [2.75, 3.05) is 35.7 Å². The lowest BCUT2D eigenvalue weighted by molar-refractivity contribution is -0.138. The number of anilines is 3. The number of piperidine rings is 1. The fraction of sp³-hybridized carbons (Fsp3) is 0.289. The maximum atomic E-state index is 13.3. The van der Waals surface area contributed by atoms with Crippen LogP contribution in [0.4, 0.5) is 35.2 Å². The standard InChI is InChI=1S/C38H37F3N10O4/c1-22-4-5-25(18-29(22)38(39,40)41)47-37(54)46-24-6-8-26(9-7-24)55-27-11-15-43-30(19-27)36(53)45-20-32-48-34-28(12-16-44-34)35(49-32)50(3)31-21-51(17-13-23(31)2)33(52)10-14-42/h4-9,11-12,15-16,18-19,23,31H,10,13,17,20-21H2,1-3H3,(H,45,53)(H,44,48,49)(H2,46,47,54). The second-order valence-electron chi connectivity index (χ2n) is 13.1. The van der Waals surface area contributed by atoms with E-state index >= 15 is 0 Å². The number of benzene rings is 2. The molecule has 3 aromatic heterocycles. The maximum Gasteiger partial charge on any atom is 0.416 e. The van der Waals surface area contributed by atoms with E-state index in [4.69, 9.17) is 15.0 Å². The predicted molar refractivity (Wildman–Crippen MR) is 197 cm³/mol. The van der Waals surface area contributed by atoms with Crippen LogP contribution in [-0.4, -0.2) is 68.9 Å². The number of aromatic nitrogens is 4. The van der Waals surface area contributed by atoms with Crippen LogP contribution in [0.1, 0.15) is 47.2 Å². The number of amides is 4. The summed E-state index contributed by atoms with van der Waals surface area (Å²) in [7, 11) is 1.91. The smallest absolute Gasteiger partial charge is 0.416 e. The molecule has 0 radical (unpaired) electrons. The Bertz CT molecular complexity index is 2250. The number of urea groups is 1.